The molecule has 0 unspecified atom stereocenters. The number of halogens is 1. The Morgan fingerprint density at radius 3 is 2.35 bits per heavy atom. The zero-order valence-corrected chi connectivity index (χ0v) is 20.4. The van der Waals surface area contributed by atoms with Gasteiger partial charge in [0.2, 0.25) is 10.0 Å². The SMILES string of the molecule is C[C@@H](OC(=O)c1cc(S(=O)(=O)N(C)C)ccc1N1CCCCC1)C(=O)NCc1ccc(F)cc1. The monoisotopic (exact) mass is 491 g/mol. The first-order valence-electron chi connectivity index (χ1n) is 11.1. The molecule has 0 spiro atoms. The summed E-state index contributed by atoms with van der Waals surface area (Å²) in [6.07, 6.45) is 1.91. The summed E-state index contributed by atoms with van der Waals surface area (Å²) >= 11 is 0. The molecule has 3 rings (SSSR count). The fraction of sp³-hybridized carbons (Fsp3) is 0.417. The van der Waals surface area contributed by atoms with Crippen molar-refractivity contribution in [2.75, 3.05) is 32.1 Å². The molecule has 1 aliphatic heterocycles. The zero-order valence-electron chi connectivity index (χ0n) is 19.6. The minimum atomic E-state index is -3.77. The summed E-state index contributed by atoms with van der Waals surface area (Å²) in [7, 11) is -0.934. The van der Waals surface area contributed by atoms with Gasteiger partial charge >= 0.3 is 5.97 Å². The number of amides is 1. The quantitative estimate of drug-likeness (QED) is 0.571. The second-order valence-corrected chi connectivity index (χ2v) is 10.6. The van der Waals surface area contributed by atoms with Crippen LogP contribution in [-0.2, 0) is 26.1 Å². The summed E-state index contributed by atoms with van der Waals surface area (Å²) in [6.45, 7) is 3.08. The van der Waals surface area contributed by atoms with Crippen LogP contribution >= 0.6 is 0 Å². The molecule has 0 radical (unpaired) electrons. The molecule has 1 fully saturated rings. The fourth-order valence-electron chi connectivity index (χ4n) is 3.67. The summed E-state index contributed by atoms with van der Waals surface area (Å²) in [5.41, 5.74) is 1.38. The number of carbonyl (C=O) groups is 2. The number of rotatable bonds is 8. The molecule has 0 aromatic heterocycles. The Bertz CT molecular complexity index is 1130. The number of sulfonamides is 1. The lowest BCUT2D eigenvalue weighted by Gasteiger charge is -2.30. The van der Waals surface area contributed by atoms with E-state index in [0.29, 0.717) is 11.3 Å². The summed E-state index contributed by atoms with van der Waals surface area (Å²) in [5, 5.41) is 2.65. The molecule has 2 aromatic carbocycles. The van der Waals surface area contributed by atoms with Crippen molar-refractivity contribution >= 4 is 27.6 Å². The van der Waals surface area contributed by atoms with Crippen molar-refractivity contribution in [1.29, 1.82) is 0 Å². The fourth-order valence-corrected chi connectivity index (χ4v) is 4.60. The number of esters is 1. The molecule has 184 valence electrons. The number of anilines is 1. The molecular formula is C24H30FN3O5S. The Kier molecular flexibility index (Phi) is 8.27. The second kappa shape index (κ2) is 11.0. The average molecular weight is 492 g/mol. The van der Waals surface area contributed by atoms with Gasteiger partial charge in [-0.3, -0.25) is 4.79 Å². The van der Waals surface area contributed by atoms with Crippen molar-refractivity contribution < 1.29 is 27.1 Å². The molecule has 0 bridgehead atoms. The maximum absolute atomic E-state index is 13.1. The van der Waals surface area contributed by atoms with E-state index in [1.165, 1.54) is 45.3 Å². The van der Waals surface area contributed by atoms with E-state index in [9.17, 15) is 22.4 Å². The van der Waals surface area contributed by atoms with E-state index in [1.54, 1.807) is 18.2 Å². The van der Waals surface area contributed by atoms with Gasteiger partial charge in [-0.2, -0.15) is 0 Å². The highest BCUT2D eigenvalue weighted by Crippen LogP contribution is 2.28. The van der Waals surface area contributed by atoms with E-state index >= 15 is 0 Å². The molecular weight excluding hydrogens is 461 g/mol. The van der Waals surface area contributed by atoms with Crippen molar-refractivity contribution in [1.82, 2.24) is 9.62 Å². The third kappa shape index (κ3) is 6.12. The van der Waals surface area contributed by atoms with Gasteiger partial charge in [0, 0.05) is 33.7 Å². The predicted molar refractivity (Wildman–Crippen MR) is 127 cm³/mol. The minimum absolute atomic E-state index is 0.0291. The number of benzene rings is 2. The third-order valence-electron chi connectivity index (χ3n) is 5.70. The van der Waals surface area contributed by atoms with Crippen LogP contribution in [0.5, 0.6) is 0 Å². The lowest BCUT2D eigenvalue weighted by Crippen LogP contribution is -2.36. The lowest BCUT2D eigenvalue weighted by molar-refractivity contribution is -0.129. The normalized spacial score (nSPS) is 15.1. The second-order valence-electron chi connectivity index (χ2n) is 8.41. The molecule has 1 heterocycles. The van der Waals surface area contributed by atoms with Crippen molar-refractivity contribution in [3.8, 4) is 0 Å². The maximum Gasteiger partial charge on any atom is 0.341 e. The van der Waals surface area contributed by atoms with E-state index in [0.717, 1.165) is 36.7 Å². The number of nitrogens with one attached hydrogen (secondary N) is 1. The van der Waals surface area contributed by atoms with E-state index < -0.39 is 28.0 Å². The Morgan fingerprint density at radius 1 is 1.09 bits per heavy atom. The first-order valence-corrected chi connectivity index (χ1v) is 12.6. The Labute approximate surface area is 199 Å². The van der Waals surface area contributed by atoms with Crippen LogP contribution in [-0.4, -0.2) is 57.9 Å². The molecule has 0 saturated carbocycles. The topological polar surface area (TPSA) is 96.0 Å². The van der Waals surface area contributed by atoms with Gasteiger partial charge in [0.25, 0.3) is 5.91 Å². The van der Waals surface area contributed by atoms with Gasteiger partial charge in [0.1, 0.15) is 5.82 Å². The number of hydrogen-bond acceptors (Lipinski definition) is 6. The molecule has 0 aliphatic carbocycles. The third-order valence-corrected chi connectivity index (χ3v) is 7.51. The highest BCUT2D eigenvalue weighted by atomic mass is 32.2. The molecule has 1 amide bonds. The Hall–Kier alpha value is -2.98. The molecule has 2 aromatic rings. The van der Waals surface area contributed by atoms with E-state index in [2.05, 4.69) is 5.32 Å². The summed E-state index contributed by atoms with van der Waals surface area (Å²) in [6, 6.07) is 10.1. The van der Waals surface area contributed by atoms with Crippen molar-refractivity contribution in [2.24, 2.45) is 0 Å². The molecule has 8 nitrogen and oxygen atoms in total. The molecule has 1 aliphatic rings. The van der Waals surface area contributed by atoms with Crippen LogP contribution in [0.4, 0.5) is 10.1 Å². The summed E-state index contributed by atoms with van der Waals surface area (Å²) in [4.78, 5) is 27.6. The van der Waals surface area contributed by atoms with Crippen LogP contribution < -0.4 is 10.2 Å². The standard InChI is InChI=1S/C24H30FN3O5S/c1-17(23(29)26-16-18-7-9-19(25)10-8-18)33-24(30)21-15-20(34(31,32)27(2)3)11-12-22(21)28-13-5-4-6-14-28/h7-12,15,17H,4-6,13-14,16H2,1-3H3,(H,26,29)/t17-/m1/s1. The molecule has 1 atom stereocenters. The molecule has 1 saturated heterocycles. The number of hydrogen-bond donors (Lipinski definition) is 1. The summed E-state index contributed by atoms with van der Waals surface area (Å²) in [5.74, 6) is -1.67. The van der Waals surface area contributed by atoms with E-state index in [-0.39, 0.29) is 22.8 Å². The van der Waals surface area contributed by atoms with Crippen molar-refractivity contribution in [2.45, 2.75) is 43.7 Å². The van der Waals surface area contributed by atoms with Crippen molar-refractivity contribution in [3.05, 3.63) is 59.4 Å². The van der Waals surface area contributed by atoms with Crippen LogP contribution in [0.2, 0.25) is 0 Å². The Morgan fingerprint density at radius 2 is 1.74 bits per heavy atom. The van der Waals surface area contributed by atoms with E-state index in [1.807, 2.05) is 4.90 Å². The van der Waals surface area contributed by atoms with Gasteiger partial charge in [0.05, 0.1) is 16.1 Å². The van der Waals surface area contributed by atoms with Gasteiger partial charge in [-0.15, -0.1) is 0 Å². The van der Waals surface area contributed by atoms with Gasteiger partial charge in [-0.25, -0.2) is 21.9 Å². The van der Waals surface area contributed by atoms with Gasteiger partial charge in [-0.05, 0) is 62.1 Å². The van der Waals surface area contributed by atoms with Crippen LogP contribution in [0.15, 0.2) is 47.4 Å². The number of piperidine rings is 1. The minimum Gasteiger partial charge on any atom is -0.449 e. The zero-order chi connectivity index (χ0) is 24.9. The lowest BCUT2D eigenvalue weighted by atomic mass is 10.1. The average Bonchev–Trinajstić information content (AvgIpc) is 2.83. The van der Waals surface area contributed by atoms with Crippen LogP contribution in [0, 0.1) is 5.82 Å². The van der Waals surface area contributed by atoms with Crippen LogP contribution in [0.25, 0.3) is 0 Å². The van der Waals surface area contributed by atoms with Crippen molar-refractivity contribution in [3.63, 3.8) is 0 Å². The largest absolute Gasteiger partial charge is 0.449 e. The van der Waals surface area contributed by atoms with Gasteiger partial charge < -0.3 is 15.0 Å². The Balaban J connectivity index is 1.78. The number of carbonyl (C=O) groups excluding carboxylic acids is 2. The number of nitrogens with zero attached hydrogens (tertiary/aromatic N) is 2. The number of ether oxygens (including phenoxy) is 1. The van der Waals surface area contributed by atoms with E-state index in [4.69, 9.17) is 4.74 Å². The van der Waals surface area contributed by atoms with Gasteiger partial charge in [-0.1, -0.05) is 12.1 Å². The first kappa shape index (κ1) is 25.6. The predicted octanol–water partition coefficient (Wildman–Crippen LogP) is 2.93. The first-order chi connectivity index (χ1) is 16.1. The maximum atomic E-state index is 13.1. The molecule has 1 N–H and O–H groups in total. The smallest absolute Gasteiger partial charge is 0.341 e. The molecule has 34 heavy (non-hydrogen) atoms. The van der Waals surface area contributed by atoms with Gasteiger partial charge in [0.15, 0.2) is 6.10 Å². The molecule has 10 heteroatoms. The highest BCUT2D eigenvalue weighted by molar-refractivity contribution is 7.89. The summed E-state index contributed by atoms with van der Waals surface area (Å²) < 4.78 is 44.8. The highest BCUT2D eigenvalue weighted by Gasteiger charge is 2.27. The van der Waals surface area contributed by atoms with Crippen LogP contribution in [0.3, 0.4) is 0 Å². The van der Waals surface area contributed by atoms with Crippen LogP contribution in [0.1, 0.15) is 42.1 Å².